The lowest BCUT2D eigenvalue weighted by Crippen LogP contribution is -2.43. The molecular weight excluding hydrogens is 382 g/mol. The van der Waals surface area contributed by atoms with E-state index in [9.17, 15) is 35.9 Å². The van der Waals surface area contributed by atoms with Crippen LogP contribution in [0, 0.1) is 11.8 Å². The molecule has 0 spiro atoms. The zero-order valence-corrected chi connectivity index (χ0v) is 13.7. The van der Waals surface area contributed by atoms with Crippen LogP contribution < -0.4 is 5.32 Å². The summed E-state index contributed by atoms with van der Waals surface area (Å²) in [4.78, 5) is 23.6. The number of amides is 2. The maximum absolute atomic E-state index is 13.2. The Hall–Kier alpha value is -2.46. The van der Waals surface area contributed by atoms with Gasteiger partial charge < -0.3 is 15.3 Å². The highest BCUT2D eigenvalue weighted by Gasteiger charge is 2.53. The third-order valence-electron chi connectivity index (χ3n) is 4.40. The number of carbonyl (C=O) groups excluding carboxylic acids is 1. The zero-order valence-electron chi connectivity index (χ0n) is 13.7. The van der Waals surface area contributed by atoms with Crippen LogP contribution in [0.1, 0.15) is 11.5 Å². The number of benzene rings is 1. The van der Waals surface area contributed by atoms with Crippen LogP contribution in [0.25, 0.3) is 0 Å². The monoisotopic (exact) mass is 398 g/mol. The first kappa shape index (κ1) is 20.8. The van der Waals surface area contributed by atoms with Crippen molar-refractivity contribution in [3.05, 3.63) is 35.9 Å². The van der Waals surface area contributed by atoms with Crippen molar-refractivity contribution in [1.82, 2.24) is 10.2 Å². The third-order valence-corrected chi connectivity index (χ3v) is 4.40. The van der Waals surface area contributed by atoms with Crippen LogP contribution >= 0.6 is 0 Å². The quantitative estimate of drug-likeness (QED) is 0.766. The van der Waals surface area contributed by atoms with Gasteiger partial charge in [0, 0.05) is 19.6 Å². The number of carboxylic acids is 1. The predicted molar refractivity (Wildman–Crippen MR) is 80.9 cm³/mol. The molecule has 0 bridgehead atoms. The molecule has 11 heteroatoms. The van der Waals surface area contributed by atoms with E-state index in [0.29, 0.717) is 4.90 Å². The lowest BCUT2D eigenvalue weighted by atomic mass is 9.96. The van der Waals surface area contributed by atoms with Gasteiger partial charge in [0.25, 0.3) is 0 Å². The number of nitrogens with one attached hydrogen (secondary N) is 1. The molecule has 1 aromatic rings. The maximum atomic E-state index is 13.2. The van der Waals surface area contributed by atoms with Crippen molar-refractivity contribution < 1.29 is 41.0 Å². The topological polar surface area (TPSA) is 69.6 Å². The van der Waals surface area contributed by atoms with Crippen LogP contribution in [-0.2, 0) is 4.79 Å². The summed E-state index contributed by atoms with van der Waals surface area (Å²) < 4.78 is 78.5. The molecule has 150 valence electrons. The molecule has 1 aliphatic heterocycles. The highest BCUT2D eigenvalue weighted by molar-refractivity contribution is 5.77. The average molecular weight is 398 g/mol. The largest absolute Gasteiger partial charge is 0.481 e. The molecule has 2 rings (SSSR count). The van der Waals surface area contributed by atoms with E-state index in [0.717, 1.165) is 0 Å². The van der Waals surface area contributed by atoms with Gasteiger partial charge in [0.1, 0.15) is 0 Å². The third kappa shape index (κ3) is 5.04. The Labute approximate surface area is 149 Å². The Kier molecular flexibility index (Phi) is 5.91. The Morgan fingerprint density at radius 3 is 2.15 bits per heavy atom. The number of alkyl halides is 6. The van der Waals surface area contributed by atoms with Crippen LogP contribution in [-0.4, -0.2) is 54.0 Å². The molecule has 2 N–H and O–H groups in total. The number of carboxylic acid groups (broad SMARTS) is 1. The number of urea groups is 1. The molecule has 0 aliphatic carbocycles. The fourth-order valence-corrected chi connectivity index (χ4v) is 2.96. The van der Waals surface area contributed by atoms with Crippen molar-refractivity contribution in [2.75, 3.05) is 19.6 Å². The van der Waals surface area contributed by atoms with Crippen molar-refractivity contribution in [2.45, 2.75) is 18.3 Å². The van der Waals surface area contributed by atoms with E-state index in [1.54, 1.807) is 0 Å². The molecular formula is C16H16F6N2O3. The van der Waals surface area contributed by atoms with Crippen LogP contribution in [0.2, 0.25) is 0 Å². The van der Waals surface area contributed by atoms with Gasteiger partial charge >= 0.3 is 24.4 Å². The number of nitrogens with zero attached hydrogens (tertiary/aromatic N) is 1. The second kappa shape index (κ2) is 7.65. The number of hydrogen-bond acceptors (Lipinski definition) is 2. The predicted octanol–water partition coefficient (Wildman–Crippen LogP) is 3.24. The molecule has 2 amide bonds. The second-order valence-corrected chi connectivity index (χ2v) is 6.19. The van der Waals surface area contributed by atoms with Gasteiger partial charge in [-0.3, -0.25) is 4.79 Å². The lowest BCUT2D eigenvalue weighted by molar-refractivity contribution is -0.187. The number of rotatable bonds is 4. The van der Waals surface area contributed by atoms with Crippen molar-refractivity contribution in [3.8, 4) is 0 Å². The van der Waals surface area contributed by atoms with Gasteiger partial charge in [-0.2, -0.15) is 26.3 Å². The summed E-state index contributed by atoms with van der Waals surface area (Å²) in [5, 5.41) is 10.9. The molecule has 1 aliphatic rings. The zero-order chi connectivity index (χ0) is 20.4. The van der Waals surface area contributed by atoms with Crippen molar-refractivity contribution >= 4 is 12.0 Å². The first-order valence-electron chi connectivity index (χ1n) is 7.85. The van der Waals surface area contributed by atoms with Gasteiger partial charge in [0.05, 0.1) is 17.8 Å². The highest BCUT2D eigenvalue weighted by atomic mass is 19.4. The van der Waals surface area contributed by atoms with Crippen LogP contribution in [0.5, 0.6) is 0 Å². The standard InChI is InChI=1S/C16H16F6N2O3/c17-15(18,19)11(9-4-2-1-3-5-9)6-23-14(27)24-7-10(13(25)26)12(8-24)16(20,21)22/h1-5,10-12H,6-8H2,(H,23,27)(H,25,26)/t10-,11?,12-/m1/s1. The van der Waals surface area contributed by atoms with E-state index >= 15 is 0 Å². The summed E-state index contributed by atoms with van der Waals surface area (Å²) in [5.74, 6) is -7.89. The van der Waals surface area contributed by atoms with Gasteiger partial charge in [-0.25, -0.2) is 4.79 Å². The molecule has 1 heterocycles. The van der Waals surface area contributed by atoms with E-state index in [4.69, 9.17) is 5.11 Å². The Morgan fingerprint density at radius 2 is 1.70 bits per heavy atom. The van der Waals surface area contributed by atoms with E-state index < -0.39 is 61.7 Å². The molecule has 27 heavy (non-hydrogen) atoms. The second-order valence-electron chi connectivity index (χ2n) is 6.19. The molecule has 1 fully saturated rings. The number of hydrogen-bond donors (Lipinski definition) is 2. The summed E-state index contributed by atoms with van der Waals surface area (Å²) in [5.41, 5.74) is -0.108. The molecule has 0 saturated carbocycles. The van der Waals surface area contributed by atoms with Gasteiger partial charge in [-0.15, -0.1) is 0 Å². The normalized spacial score (nSPS) is 21.8. The first-order valence-corrected chi connectivity index (χ1v) is 7.85. The summed E-state index contributed by atoms with van der Waals surface area (Å²) >= 11 is 0. The molecule has 5 nitrogen and oxygen atoms in total. The molecule has 1 unspecified atom stereocenters. The molecule has 0 radical (unpaired) electrons. The molecule has 0 aromatic heterocycles. The summed E-state index contributed by atoms with van der Waals surface area (Å²) in [6.07, 6.45) is -9.52. The fourth-order valence-electron chi connectivity index (χ4n) is 2.96. The van der Waals surface area contributed by atoms with Gasteiger partial charge in [0.2, 0.25) is 0 Å². The van der Waals surface area contributed by atoms with Crippen molar-refractivity contribution in [3.63, 3.8) is 0 Å². The van der Waals surface area contributed by atoms with Crippen molar-refractivity contribution in [1.29, 1.82) is 0 Å². The minimum atomic E-state index is -4.84. The maximum Gasteiger partial charge on any atom is 0.397 e. The first-order chi connectivity index (χ1) is 12.4. The van der Waals surface area contributed by atoms with Crippen LogP contribution in [0.15, 0.2) is 30.3 Å². The minimum Gasteiger partial charge on any atom is -0.481 e. The van der Waals surface area contributed by atoms with Gasteiger partial charge in [-0.05, 0) is 5.56 Å². The highest BCUT2D eigenvalue weighted by Crippen LogP contribution is 2.38. The van der Waals surface area contributed by atoms with Crippen LogP contribution in [0.4, 0.5) is 31.1 Å². The van der Waals surface area contributed by atoms with Gasteiger partial charge in [-0.1, -0.05) is 30.3 Å². The van der Waals surface area contributed by atoms with E-state index in [1.165, 1.54) is 30.3 Å². The molecule has 3 atom stereocenters. The Bertz CT molecular complexity index is 677. The van der Waals surface area contributed by atoms with E-state index in [-0.39, 0.29) is 5.56 Å². The minimum absolute atomic E-state index is 0.108. The number of aliphatic carboxylic acids is 1. The smallest absolute Gasteiger partial charge is 0.397 e. The summed E-state index contributed by atoms with van der Waals surface area (Å²) in [6.45, 7) is -2.53. The lowest BCUT2D eigenvalue weighted by Gasteiger charge is -2.23. The number of carbonyl (C=O) groups is 2. The fraction of sp³-hybridized carbons (Fsp3) is 0.500. The van der Waals surface area contributed by atoms with E-state index in [2.05, 4.69) is 0 Å². The van der Waals surface area contributed by atoms with Gasteiger partial charge in [0.15, 0.2) is 0 Å². The molecule has 1 saturated heterocycles. The van der Waals surface area contributed by atoms with Crippen LogP contribution in [0.3, 0.4) is 0 Å². The summed E-state index contributed by atoms with van der Waals surface area (Å²) in [6, 6.07) is 5.57. The van der Waals surface area contributed by atoms with E-state index in [1.807, 2.05) is 5.32 Å². The summed E-state index contributed by atoms with van der Waals surface area (Å²) in [7, 11) is 0. The number of halogens is 6. The van der Waals surface area contributed by atoms with Crippen molar-refractivity contribution in [2.24, 2.45) is 11.8 Å². The SMILES string of the molecule is O=C(O)[C@@H]1CN(C(=O)NCC(c2ccccc2)C(F)(F)F)C[C@H]1C(F)(F)F. The Balaban J connectivity index is 2.07. The Morgan fingerprint density at radius 1 is 1.11 bits per heavy atom. The average Bonchev–Trinajstić information content (AvgIpc) is 3.00. The number of likely N-dealkylation sites (tertiary alicyclic amines) is 1. The molecule has 1 aromatic carbocycles.